The number of hydrogen-bond donors (Lipinski definition) is 1. The number of anilines is 1. The number of ether oxygens (including phenoxy) is 2. The summed E-state index contributed by atoms with van der Waals surface area (Å²) in [4.78, 5) is 4.01. The summed E-state index contributed by atoms with van der Waals surface area (Å²) in [5.74, 6) is 2.47. The third-order valence-corrected chi connectivity index (χ3v) is 5.42. The van der Waals surface area contributed by atoms with Gasteiger partial charge in [0.15, 0.2) is 0 Å². The summed E-state index contributed by atoms with van der Waals surface area (Å²) in [6, 6.07) is 8.64. The van der Waals surface area contributed by atoms with Gasteiger partial charge in [0.25, 0.3) is 0 Å². The van der Waals surface area contributed by atoms with Crippen LogP contribution >= 0.6 is 0 Å². The van der Waals surface area contributed by atoms with Gasteiger partial charge in [-0.25, -0.2) is 4.68 Å². The Balaban J connectivity index is 1.68. The van der Waals surface area contributed by atoms with Gasteiger partial charge < -0.3 is 19.3 Å². The van der Waals surface area contributed by atoms with Gasteiger partial charge in [0.2, 0.25) is 5.82 Å². The lowest BCUT2D eigenvalue weighted by Gasteiger charge is -2.37. The van der Waals surface area contributed by atoms with Gasteiger partial charge in [-0.1, -0.05) is 13.8 Å². The first kappa shape index (κ1) is 20.5. The zero-order valence-electron chi connectivity index (χ0n) is 17.5. The van der Waals surface area contributed by atoms with Crippen LogP contribution in [0, 0.1) is 5.92 Å². The van der Waals surface area contributed by atoms with Crippen LogP contribution in [0.25, 0.3) is 0 Å². The minimum absolute atomic E-state index is 0.310. The van der Waals surface area contributed by atoms with Crippen molar-refractivity contribution in [1.29, 1.82) is 0 Å². The van der Waals surface area contributed by atoms with Crippen LogP contribution in [0.5, 0.6) is 5.75 Å². The van der Waals surface area contributed by atoms with Crippen LogP contribution in [-0.4, -0.2) is 67.2 Å². The van der Waals surface area contributed by atoms with Crippen LogP contribution in [-0.2, 0) is 11.3 Å². The average molecular weight is 390 g/mol. The number of rotatable bonds is 9. The predicted molar refractivity (Wildman–Crippen MR) is 108 cm³/mol. The molecule has 1 aromatic heterocycles. The van der Waals surface area contributed by atoms with Crippen LogP contribution in [0.1, 0.15) is 32.1 Å². The highest BCUT2D eigenvalue weighted by atomic mass is 16.5. The van der Waals surface area contributed by atoms with Crippen LogP contribution in [0.15, 0.2) is 24.3 Å². The summed E-state index contributed by atoms with van der Waals surface area (Å²) >= 11 is 0. The molecule has 1 fully saturated rings. The molecule has 1 atom stereocenters. The molecule has 8 heteroatoms. The molecule has 0 unspecified atom stereocenters. The van der Waals surface area contributed by atoms with Gasteiger partial charge >= 0.3 is 0 Å². The average Bonchev–Trinajstić information content (AvgIpc) is 3.19. The molecule has 0 aliphatic carbocycles. The summed E-state index contributed by atoms with van der Waals surface area (Å²) in [6.07, 6.45) is 1.07. The first-order chi connectivity index (χ1) is 13.6. The maximum Gasteiger partial charge on any atom is 0.209 e. The molecule has 2 heterocycles. The number of tetrazole rings is 1. The minimum Gasteiger partial charge on any atom is -0.497 e. The third-order valence-electron chi connectivity index (χ3n) is 5.42. The number of benzene rings is 1. The molecule has 1 saturated heterocycles. The van der Waals surface area contributed by atoms with E-state index in [1.807, 2.05) is 16.8 Å². The highest BCUT2D eigenvalue weighted by molar-refractivity contribution is 5.49. The fourth-order valence-corrected chi connectivity index (χ4v) is 3.92. The Bertz CT molecular complexity index is 710. The fraction of sp³-hybridized carbons (Fsp3) is 0.650. The zero-order chi connectivity index (χ0) is 19.9. The number of piperazine rings is 1. The Morgan fingerprint density at radius 1 is 1.11 bits per heavy atom. The monoisotopic (exact) mass is 389 g/mol. The first-order valence-corrected chi connectivity index (χ1v) is 10.1. The van der Waals surface area contributed by atoms with Crippen LogP contribution < -0.4 is 14.5 Å². The van der Waals surface area contributed by atoms with Gasteiger partial charge in [-0.3, -0.25) is 0 Å². The highest BCUT2D eigenvalue weighted by Crippen LogP contribution is 2.20. The number of nitrogens with one attached hydrogen (secondary N) is 1. The molecule has 1 N–H and O–H groups in total. The molecule has 3 rings (SSSR count). The molecule has 0 radical (unpaired) electrons. The van der Waals surface area contributed by atoms with Crippen molar-refractivity contribution in [1.82, 2.24) is 20.2 Å². The lowest BCUT2D eigenvalue weighted by atomic mass is 10.0. The molecule has 0 saturated carbocycles. The second-order valence-electron chi connectivity index (χ2n) is 7.78. The van der Waals surface area contributed by atoms with E-state index in [-0.39, 0.29) is 0 Å². The summed E-state index contributed by atoms with van der Waals surface area (Å²) in [6.45, 7) is 10.0. The summed E-state index contributed by atoms with van der Waals surface area (Å²) < 4.78 is 12.4. The summed E-state index contributed by atoms with van der Waals surface area (Å²) in [7, 11) is 3.41. The normalized spacial score (nSPS) is 16.5. The molecule has 154 valence electrons. The second-order valence-corrected chi connectivity index (χ2v) is 7.78. The van der Waals surface area contributed by atoms with Crippen LogP contribution in [0.3, 0.4) is 0 Å². The maximum atomic E-state index is 5.27. The van der Waals surface area contributed by atoms with Crippen molar-refractivity contribution in [3.05, 3.63) is 30.1 Å². The number of aromatic nitrogens is 4. The molecular formula is C20H33N6O2+. The van der Waals surface area contributed by atoms with Gasteiger partial charge in [0, 0.05) is 19.2 Å². The maximum absolute atomic E-state index is 5.27. The summed E-state index contributed by atoms with van der Waals surface area (Å²) in [5, 5.41) is 12.5. The largest absolute Gasteiger partial charge is 0.497 e. The van der Waals surface area contributed by atoms with Crippen molar-refractivity contribution in [2.24, 2.45) is 5.92 Å². The van der Waals surface area contributed by atoms with Gasteiger partial charge in [0.1, 0.15) is 11.8 Å². The molecule has 8 nitrogen and oxygen atoms in total. The van der Waals surface area contributed by atoms with Crippen molar-refractivity contribution in [3.63, 3.8) is 0 Å². The van der Waals surface area contributed by atoms with E-state index in [1.165, 1.54) is 5.69 Å². The molecular weight excluding hydrogens is 356 g/mol. The van der Waals surface area contributed by atoms with Gasteiger partial charge in [-0.05, 0) is 40.6 Å². The molecule has 0 amide bonds. The van der Waals surface area contributed by atoms with E-state index in [0.717, 1.165) is 44.2 Å². The fourth-order valence-electron chi connectivity index (χ4n) is 3.92. The number of nitrogens with zero attached hydrogens (tertiary/aromatic N) is 5. The van der Waals surface area contributed by atoms with Crippen molar-refractivity contribution >= 4 is 5.69 Å². The van der Waals surface area contributed by atoms with E-state index in [0.29, 0.717) is 25.1 Å². The standard InChI is InChI=1S/C20H32N6O2/c1-16(2)15-19(20-21-22-23-26(20)13-14-27-3)25-11-9-24(10-12-25)17-5-7-18(28-4)8-6-17/h5-8,16,19H,9-15H2,1-4H3/p+1/t19-/m1/s1. The van der Waals surface area contributed by atoms with E-state index in [4.69, 9.17) is 9.47 Å². The molecule has 1 aliphatic rings. The SMILES string of the molecule is COCCn1nnnc1[C@@H](CC(C)C)[NH+]1CCN(c2ccc(OC)cc2)CC1. The second kappa shape index (κ2) is 9.84. The predicted octanol–water partition coefficient (Wildman–Crippen LogP) is 0.820. The third kappa shape index (κ3) is 4.99. The Labute approximate surface area is 167 Å². The Morgan fingerprint density at radius 3 is 2.43 bits per heavy atom. The first-order valence-electron chi connectivity index (χ1n) is 10.1. The van der Waals surface area contributed by atoms with E-state index < -0.39 is 0 Å². The molecule has 2 aromatic rings. The molecule has 0 spiro atoms. The molecule has 1 aliphatic heterocycles. The Morgan fingerprint density at radius 2 is 1.82 bits per heavy atom. The van der Waals surface area contributed by atoms with E-state index >= 15 is 0 Å². The smallest absolute Gasteiger partial charge is 0.209 e. The minimum atomic E-state index is 0.310. The van der Waals surface area contributed by atoms with E-state index in [1.54, 1.807) is 19.1 Å². The van der Waals surface area contributed by atoms with Crippen molar-refractivity contribution in [2.75, 3.05) is 51.9 Å². The lowest BCUT2D eigenvalue weighted by Crippen LogP contribution is -3.15. The number of quaternary nitrogens is 1. The molecule has 1 aromatic carbocycles. The van der Waals surface area contributed by atoms with Gasteiger partial charge in [0.05, 0.1) is 46.4 Å². The Kier molecular flexibility index (Phi) is 7.22. The van der Waals surface area contributed by atoms with Gasteiger partial charge in [-0.2, -0.15) is 0 Å². The Hall–Kier alpha value is -2.19. The number of hydrogen-bond acceptors (Lipinski definition) is 6. The number of methoxy groups -OCH3 is 2. The quantitative estimate of drug-likeness (QED) is 0.685. The van der Waals surface area contributed by atoms with Crippen molar-refractivity contribution in [2.45, 2.75) is 32.9 Å². The van der Waals surface area contributed by atoms with Crippen molar-refractivity contribution < 1.29 is 14.4 Å². The van der Waals surface area contributed by atoms with E-state index in [2.05, 4.69) is 46.4 Å². The van der Waals surface area contributed by atoms with Crippen molar-refractivity contribution in [3.8, 4) is 5.75 Å². The molecule has 0 bridgehead atoms. The summed E-state index contributed by atoms with van der Waals surface area (Å²) in [5.41, 5.74) is 1.25. The lowest BCUT2D eigenvalue weighted by molar-refractivity contribution is -0.934. The van der Waals surface area contributed by atoms with Crippen LogP contribution in [0.4, 0.5) is 5.69 Å². The highest BCUT2D eigenvalue weighted by Gasteiger charge is 2.33. The van der Waals surface area contributed by atoms with Crippen LogP contribution in [0.2, 0.25) is 0 Å². The van der Waals surface area contributed by atoms with E-state index in [9.17, 15) is 0 Å². The van der Waals surface area contributed by atoms with Gasteiger partial charge in [-0.15, -0.1) is 5.10 Å². The molecule has 28 heavy (non-hydrogen) atoms. The topological polar surface area (TPSA) is 69.7 Å². The zero-order valence-corrected chi connectivity index (χ0v) is 17.5.